The molecule has 3 heterocycles. The number of aliphatic carboxylic acids is 1. The molecule has 15 nitrogen and oxygen atoms in total. The number of amides is 3. The molecule has 1 aromatic rings. The number of carbonyl (C=O) groups excluding carboxylic acids is 3. The second-order valence-electron chi connectivity index (χ2n) is 19.5. The summed E-state index contributed by atoms with van der Waals surface area (Å²) in [6, 6.07) is 6.03. The minimum Gasteiger partial charge on any atom is -0.481 e. The summed E-state index contributed by atoms with van der Waals surface area (Å²) in [4.78, 5) is 56.7. The number of piperidine rings is 1. The van der Waals surface area contributed by atoms with Crippen molar-refractivity contribution in [3.05, 3.63) is 40.9 Å². The third-order valence-electron chi connectivity index (χ3n) is 13.5. The van der Waals surface area contributed by atoms with Gasteiger partial charge in [0.2, 0.25) is 17.7 Å². The number of likely N-dealkylation sites (tertiary alicyclic amines) is 1. The van der Waals surface area contributed by atoms with Crippen molar-refractivity contribution < 1.29 is 38.9 Å². The maximum Gasteiger partial charge on any atom is 0.309 e. The molecule has 16 heteroatoms. The minimum atomic E-state index is -0.990. The number of benzene rings is 1. The molecule has 2 fully saturated rings. The van der Waals surface area contributed by atoms with E-state index in [1.807, 2.05) is 38.1 Å². The van der Waals surface area contributed by atoms with Crippen LogP contribution in [0.15, 0.2) is 35.4 Å². The lowest BCUT2D eigenvalue weighted by Crippen LogP contribution is -2.60. The van der Waals surface area contributed by atoms with E-state index in [0.717, 1.165) is 62.8 Å². The number of unbranched alkanes of at least 4 members (excludes halogenated alkanes) is 3. The van der Waals surface area contributed by atoms with E-state index in [-0.39, 0.29) is 79.3 Å². The summed E-state index contributed by atoms with van der Waals surface area (Å²) in [6.45, 7) is 20.3. The third-order valence-corrected chi connectivity index (χ3v) is 14.7. The number of anilines is 1. The van der Waals surface area contributed by atoms with Crippen LogP contribution in [0.5, 0.6) is 0 Å². The van der Waals surface area contributed by atoms with Crippen LogP contribution >= 0.6 is 11.8 Å². The number of nitrogens with two attached hydrogens (primary N) is 1. The summed E-state index contributed by atoms with van der Waals surface area (Å²) >= 11 is 1.65. The Bertz CT molecular complexity index is 1710. The minimum absolute atomic E-state index is 0.0153. The maximum absolute atomic E-state index is 15.1. The molecule has 1 aromatic carbocycles. The highest BCUT2D eigenvalue weighted by Crippen LogP contribution is 2.43. The topological polar surface area (TPSA) is 211 Å². The molecule has 0 spiro atoms. The molecule has 4 rings (SSSR count). The standard InChI is InChI=1S/C49H83N7O8S/c1-10-13-14-16-24-56(46(60)42(33(6)11-2)53-44(59)38-18-15-17-23-55(38)25-26-57)39(32(4)5)28-40(63-12-3)49(9)54-37(31-65-49)43-45(64-43)52-36(29-48(7,8)47(61)62)27-34-19-21-35(22-20-34)51-41(58)30-50/h19-22,31-33,36,38-40,42-43,45,52,54,57H,10-18,23-30,50H2,1-9H3,(H,51,58)(H,53,59)(H,61,62)/t33-,36-,38+,39+,40+,42-,43?,45?,49?/m0/s1. The van der Waals surface area contributed by atoms with E-state index >= 15 is 4.79 Å². The van der Waals surface area contributed by atoms with Gasteiger partial charge in [-0.3, -0.25) is 29.4 Å². The quantitative estimate of drug-likeness (QED) is 0.0374. The number of thioether (sulfide) groups is 1. The first kappa shape index (κ1) is 54.4. The van der Waals surface area contributed by atoms with Crippen LogP contribution in [0.3, 0.4) is 0 Å². The number of aliphatic hydroxyl groups excluding tert-OH is 1. The fourth-order valence-corrected chi connectivity index (χ4v) is 10.3. The number of rotatable bonds is 29. The van der Waals surface area contributed by atoms with Gasteiger partial charge in [0.1, 0.15) is 23.2 Å². The van der Waals surface area contributed by atoms with Crippen LogP contribution < -0.4 is 27.0 Å². The third kappa shape index (κ3) is 15.7. The predicted octanol–water partition coefficient (Wildman–Crippen LogP) is 5.81. The highest BCUT2D eigenvalue weighted by molar-refractivity contribution is 8.03. The zero-order chi connectivity index (χ0) is 47.9. The highest BCUT2D eigenvalue weighted by Gasteiger charge is 2.51. The van der Waals surface area contributed by atoms with E-state index in [0.29, 0.717) is 51.1 Å². The summed E-state index contributed by atoms with van der Waals surface area (Å²) < 4.78 is 12.9. The second-order valence-corrected chi connectivity index (χ2v) is 20.9. The lowest BCUT2D eigenvalue weighted by molar-refractivity contribution is -0.147. The molecule has 0 saturated carbocycles. The van der Waals surface area contributed by atoms with E-state index < -0.39 is 22.3 Å². The summed E-state index contributed by atoms with van der Waals surface area (Å²) in [6.07, 6.45) is 7.96. The van der Waals surface area contributed by atoms with Gasteiger partial charge in [-0.25, -0.2) is 0 Å². The zero-order valence-electron chi connectivity index (χ0n) is 40.8. The molecule has 3 aliphatic rings. The Kier molecular flexibility index (Phi) is 21.5. The first-order valence-corrected chi connectivity index (χ1v) is 25.3. The molecule has 0 bridgehead atoms. The molecule has 3 unspecified atom stereocenters. The van der Waals surface area contributed by atoms with E-state index in [9.17, 15) is 24.6 Å². The number of ether oxygens (including phenoxy) is 2. The summed E-state index contributed by atoms with van der Waals surface area (Å²) in [5, 5.41) is 35.3. The van der Waals surface area contributed by atoms with Crippen molar-refractivity contribution in [1.82, 2.24) is 25.8 Å². The molecular weight excluding hydrogens is 847 g/mol. The van der Waals surface area contributed by atoms with Crippen molar-refractivity contribution in [2.24, 2.45) is 23.0 Å². The number of nitrogens with zero attached hydrogens (tertiary/aromatic N) is 2. The Morgan fingerprint density at radius 2 is 1.82 bits per heavy atom. The van der Waals surface area contributed by atoms with Gasteiger partial charge < -0.3 is 46.3 Å². The summed E-state index contributed by atoms with van der Waals surface area (Å²) in [5.74, 6) is -1.33. The molecule has 3 aliphatic heterocycles. The number of epoxide rings is 1. The fourth-order valence-electron chi connectivity index (χ4n) is 9.22. The van der Waals surface area contributed by atoms with Gasteiger partial charge >= 0.3 is 5.97 Å². The van der Waals surface area contributed by atoms with Crippen molar-refractivity contribution in [3.63, 3.8) is 0 Å². The molecule has 0 aliphatic carbocycles. The first-order chi connectivity index (χ1) is 30.9. The van der Waals surface area contributed by atoms with E-state index in [4.69, 9.17) is 15.2 Å². The highest BCUT2D eigenvalue weighted by atomic mass is 32.2. The average Bonchev–Trinajstić information content (AvgIpc) is 3.92. The van der Waals surface area contributed by atoms with Crippen LogP contribution in [0.25, 0.3) is 0 Å². The van der Waals surface area contributed by atoms with E-state index in [1.54, 1.807) is 25.6 Å². The van der Waals surface area contributed by atoms with Crippen LogP contribution in [-0.2, 0) is 35.1 Å². The van der Waals surface area contributed by atoms with Gasteiger partial charge in [-0.2, -0.15) is 0 Å². The molecule has 9 atom stereocenters. The van der Waals surface area contributed by atoms with Gasteiger partial charge in [0.25, 0.3) is 0 Å². The Balaban J connectivity index is 1.52. The Hall–Kier alpha value is -3.25. The molecule has 65 heavy (non-hydrogen) atoms. The van der Waals surface area contributed by atoms with Gasteiger partial charge in [-0.05, 0) is 108 Å². The number of carboxylic acids is 1. The van der Waals surface area contributed by atoms with E-state index in [2.05, 4.69) is 71.1 Å². The van der Waals surface area contributed by atoms with Crippen LogP contribution in [-0.4, -0.2) is 131 Å². The molecule has 0 aromatic heterocycles. The number of β-amino-alcohol motifs (C(OH)–C–C–N with tert-alkyl or cyclic N) is 1. The largest absolute Gasteiger partial charge is 0.481 e. The number of carboxylic acid groups (broad SMARTS) is 1. The summed E-state index contributed by atoms with van der Waals surface area (Å²) in [7, 11) is 0. The van der Waals surface area contributed by atoms with Gasteiger partial charge in [0.15, 0.2) is 0 Å². The maximum atomic E-state index is 15.1. The van der Waals surface area contributed by atoms with Crippen molar-refractivity contribution in [2.45, 2.75) is 180 Å². The Morgan fingerprint density at radius 3 is 2.43 bits per heavy atom. The van der Waals surface area contributed by atoms with Gasteiger partial charge in [-0.1, -0.05) is 78.9 Å². The van der Waals surface area contributed by atoms with E-state index in [1.165, 1.54) is 0 Å². The van der Waals surface area contributed by atoms with Crippen LogP contribution in [0.2, 0.25) is 0 Å². The van der Waals surface area contributed by atoms with Crippen molar-refractivity contribution in [1.29, 1.82) is 0 Å². The van der Waals surface area contributed by atoms with Gasteiger partial charge in [0.05, 0.1) is 36.4 Å². The van der Waals surface area contributed by atoms with Crippen LogP contribution in [0.1, 0.15) is 132 Å². The molecule has 0 radical (unpaired) electrons. The monoisotopic (exact) mass is 930 g/mol. The molecule has 368 valence electrons. The van der Waals surface area contributed by atoms with Crippen molar-refractivity contribution >= 4 is 41.1 Å². The normalized spacial score (nSPS) is 23.4. The lowest BCUT2D eigenvalue weighted by Gasteiger charge is -2.43. The number of aliphatic hydroxyl groups is 1. The zero-order valence-corrected chi connectivity index (χ0v) is 41.6. The molecule has 2 saturated heterocycles. The molecule has 3 amide bonds. The lowest BCUT2D eigenvalue weighted by atomic mass is 9.84. The number of hydrogen-bond acceptors (Lipinski definition) is 12. The molecular formula is C49H83N7O8S. The van der Waals surface area contributed by atoms with Gasteiger partial charge in [-0.15, -0.1) is 11.8 Å². The Morgan fingerprint density at radius 1 is 1.09 bits per heavy atom. The SMILES string of the molecule is CCCCCCN(C(=O)[C@@H](NC(=O)[C@H]1CCCCN1CCO)[C@@H](C)CC)[C@H](C[C@@H](OCC)C1(C)NC(C2OC2N[C@@H](Cc2ccc(NC(=O)CN)cc2)CC(C)(C)C(=O)O)=CS1)C(C)C. The molecule has 8 N–H and O–H groups in total. The predicted molar refractivity (Wildman–Crippen MR) is 259 cm³/mol. The first-order valence-electron chi connectivity index (χ1n) is 24.4. The van der Waals surface area contributed by atoms with Crippen molar-refractivity contribution in [3.8, 4) is 0 Å². The van der Waals surface area contributed by atoms with Gasteiger partial charge in [0, 0.05) is 37.5 Å². The smallest absolute Gasteiger partial charge is 0.309 e. The second kappa shape index (κ2) is 25.8. The fraction of sp³-hybridized carbons (Fsp3) is 0.755. The Labute approximate surface area is 393 Å². The van der Waals surface area contributed by atoms with Crippen LogP contribution in [0.4, 0.5) is 5.69 Å². The average molecular weight is 930 g/mol. The van der Waals surface area contributed by atoms with Crippen LogP contribution in [0, 0.1) is 17.3 Å². The number of hydrogen-bond donors (Lipinski definition) is 7. The summed E-state index contributed by atoms with van der Waals surface area (Å²) in [5.41, 5.74) is 7.01. The number of nitrogens with one attached hydrogen (secondary N) is 4. The number of carbonyl (C=O) groups is 4. The van der Waals surface area contributed by atoms with Crippen molar-refractivity contribution in [2.75, 3.05) is 44.7 Å².